The summed E-state index contributed by atoms with van der Waals surface area (Å²) in [6.07, 6.45) is -1.69. The molecule has 1 fully saturated rings. The van der Waals surface area contributed by atoms with Crippen molar-refractivity contribution in [3.63, 3.8) is 0 Å². The van der Waals surface area contributed by atoms with Crippen molar-refractivity contribution in [1.82, 2.24) is 0 Å². The van der Waals surface area contributed by atoms with Crippen LogP contribution in [0.3, 0.4) is 0 Å². The third-order valence-corrected chi connectivity index (χ3v) is 4.27. The lowest BCUT2D eigenvalue weighted by Crippen LogP contribution is -2.63. The van der Waals surface area contributed by atoms with E-state index in [1.165, 1.54) is 0 Å². The molecule has 0 saturated carbocycles. The van der Waals surface area contributed by atoms with Crippen LogP contribution >= 0.6 is 0 Å². The molecule has 0 aromatic carbocycles. The molecule has 0 radical (unpaired) electrons. The van der Waals surface area contributed by atoms with Gasteiger partial charge in [-0.25, -0.2) is 4.79 Å². The molecular formula is C21H30NO11+. The number of quaternary nitrogens is 1. The molecule has 3 unspecified atom stereocenters. The van der Waals surface area contributed by atoms with Gasteiger partial charge in [0.15, 0.2) is 18.8 Å². The lowest BCUT2D eigenvalue weighted by atomic mass is 9.98. The number of hydrogen-bond donors (Lipinski definition) is 0. The van der Waals surface area contributed by atoms with Crippen LogP contribution in [-0.4, -0.2) is 98.8 Å². The van der Waals surface area contributed by atoms with E-state index < -0.39 is 67.2 Å². The molecule has 5 atom stereocenters. The van der Waals surface area contributed by atoms with Gasteiger partial charge in [0.25, 0.3) is 0 Å². The molecule has 0 aromatic rings. The summed E-state index contributed by atoms with van der Waals surface area (Å²) in [7, 11) is 3.41. The summed E-state index contributed by atoms with van der Waals surface area (Å²) in [4.78, 5) is 59.1. The molecular weight excluding hydrogens is 442 g/mol. The second-order valence-corrected chi connectivity index (χ2v) is 8.01. The SMILES string of the molecule is C#CC[N+](C)(C)CC(=O)OC1OC(COC(C)=O)[C@@H](OC(C)=O)C(OC(C)=O)[C@H]1OC(C)=O. The molecule has 1 rings (SSSR count). The highest BCUT2D eigenvalue weighted by atomic mass is 16.7. The van der Waals surface area contributed by atoms with E-state index in [1.54, 1.807) is 14.1 Å². The lowest BCUT2D eigenvalue weighted by Gasteiger charge is -2.43. The molecule has 1 saturated heterocycles. The molecule has 33 heavy (non-hydrogen) atoms. The van der Waals surface area contributed by atoms with Crippen molar-refractivity contribution in [2.45, 2.75) is 58.4 Å². The highest BCUT2D eigenvalue weighted by Gasteiger charge is 2.54. The van der Waals surface area contributed by atoms with Gasteiger partial charge in [0.1, 0.15) is 19.3 Å². The zero-order valence-electron chi connectivity index (χ0n) is 19.5. The molecule has 1 aliphatic rings. The van der Waals surface area contributed by atoms with Gasteiger partial charge in [-0.3, -0.25) is 19.2 Å². The first kappa shape index (κ1) is 27.9. The number of terminal acetylenes is 1. The van der Waals surface area contributed by atoms with E-state index in [4.69, 9.17) is 34.8 Å². The summed E-state index contributed by atoms with van der Waals surface area (Å²) in [5.74, 6) is -1.32. The summed E-state index contributed by atoms with van der Waals surface area (Å²) < 4.78 is 31.9. The van der Waals surface area contributed by atoms with Gasteiger partial charge in [-0.2, -0.15) is 0 Å². The molecule has 184 valence electrons. The van der Waals surface area contributed by atoms with Gasteiger partial charge in [-0.15, -0.1) is 6.42 Å². The molecule has 0 N–H and O–H groups in total. The van der Waals surface area contributed by atoms with Gasteiger partial charge in [0.2, 0.25) is 12.4 Å². The van der Waals surface area contributed by atoms with Crippen LogP contribution < -0.4 is 0 Å². The topological polar surface area (TPSA) is 141 Å². The number of carbonyl (C=O) groups is 5. The number of nitrogens with zero attached hydrogens (tertiary/aromatic N) is 1. The van der Waals surface area contributed by atoms with E-state index in [2.05, 4.69) is 5.92 Å². The lowest BCUT2D eigenvalue weighted by molar-refractivity contribution is -0.875. The Morgan fingerprint density at radius 3 is 1.82 bits per heavy atom. The highest BCUT2D eigenvalue weighted by Crippen LogP contribution is 2.30. The fourth-order valence-corrected chi connectivity index (χ4v) is 3.10. The number of rotatable bonds is 9. The molecule has 12 nitrogen and oxygen atoms in total. The fourth-order valence-electron chi connectivity index (χ4n) is 3.10. The van der Waals surface area contributed by atoms with Crippen LogP contribution in [0.2, 0.25) is 0 Å². The summed E-state index contributed by atoms with van der Waals surface area (Å²) in [6, 6.07) is 0. The van der Waals surface area contributed by atoms with Crippen molar-refractivity contribution in [2.75, 3.05) is 33.8 Å². The molecule has 0 bridgehead atoms. The molecule has 12 heteroatoms. The van der Waals surface area contributed by atoms with Crippen LogP contribution in [0.25, 0.3) is 0 Å². The van der Waals surface area contributed by atoms with E-state index in [0.29, 0.717) is 0 Å². The van der Waals surface area contributed by atoms with Gasteiger partial charge < -0.3 is 32.9 Å². The van der Waals surface area contributed by atoms with E-state index in [9.17, 15) is 24.0 Å². The van der Waals surface area contributed by atoms with Crippen molar-refractivity contribution in [2.24, 2.45) is 0 Å². The normalized spacial score (nSPS) is 24.6. The molecule has 0 aromatic heterocycles. The first-order valence-electron chi connectivity index (χ1n) is 10.0. The zero-order valence-corrected chi connectivity index (χ0v) is 19.5. The maximum atomic E-state index is 12.6. The van der Waals surface area contributed by atoms with Crippen molar-refractivity contribution >= 4 is 29.8 Å². The van der Waals surface area contributed by atoms with Gasteiger partial charge in [0, 0.05) is 27.7 Å². The Bertz CT molecular complexity index is 801. The predicted octanol–water partition coefficient (Wildman–Crippen LogP) is -0.678. The fraction of sp³-hybridized carbons (Fsp3) is 0.667. The molecule has 1 heterocycles. The Morgan fingerprint density at radius 2 is 1.33 bits per heavy atom. The Kier molecular flexibility index (Phi) is 10.3. The minimum absolute atomic E-state index is 0.0978. The second-order valence-electron chi connectivity index (χ2n) is 8.01. The third kappa shape index (κ3) is 9.46. The van der Waals surface area contributed by atoms with Crippen LogP contribution in [0, 0.1) is 12.3 Å². The summed E-state index contributed by atoms with van der Waals surface area (Å²) in [5, 5.41) is 0. The second kappa shape index (κ2) is 12.2. The molecule has 1 aliphatic heterocycles. The Morgan fingerprint density at radius 1 is 0.818 bits per heavy atom. The van der Waals surface area contributed by atoms with E-state index in [-0.39, 0.29) is 17.6 Å². The van der Waals surface area contributed by atoms with Crippen LogP contribution in [0.5, 0.6) is 0 Å². The molecule has 0 amide bonds. The number of ether oxygens (including phenoxy) is 6. The van der Waals surface area contributed by atoms with Crippen molar-refractivity contribution in [3.8, 4) is 12.3 Å². The average Bonchev–Trinajstić information content (AvgIpc) is 2.63. The maximum Gasteiger partial charge on any atom is 0.364 e. The smallest absolute Gasteiger partial charge is 0.364 e. The van der Waals surface area contributed by atoms with Gasteiger partial charge >= 0.3 is 29.8 Å². The van der Waals surface area contributed by atoms with Crippen LogP contribution in [0.4, 0.5) is 0 Å². The number of likely N-dealkylation sites (N-methyl/N-ethyl adjacent to an activating group) is 1. The monoisotopic (exact) mass is 472 g/mol. The summed E-state index contributed by atoms with van der Waals surface area (Å²) >= 11 is 0. The van der Waals surface area contributed by atoms with E-state index in [0.717, 1.165) is 27.7 Å². The van der Waals surface area contributed by atoms with Gasteiger partial charge in [-0.1, -0.05) is 0 Å². The van der Waals surface area contributed by atoms with E-state index >= 15 is 0 Å². The minimum Gasteiger partial charge on any atom is -0.463 e. The standard InChI is InChI=1S/C21H30NO11/c1-8-9-22(6,7)10-17(27)33-21-20(31-15(5)26)19(30-14(4)25)18(29-13(3)24)16(32-21)11-28-12(2)23/h1,16,18-21H,9-11H2,2-7H3/q+1/t16?,18-,19?,20-,21?/m1/s1. The first-order valence-corrected chi connectivity index (χ1v) is 10.0. The van der Waals surface area contributed by atoms with Crippen LogP contribution in [0.15, 0.2) is 0 Å². The Hall–Kier alpha value is -3.17. The quantitative estimate of drug-likeness (QED) is 0.182. The third-order valence-electron chi connectivity index (χ3n) is 4.27. The van der Waals surface area contributed by atoms with Crippen LogP contribution in [0.1, 0.15) is 27.7 Å². The van der Waals surface area contributed by atoms with Crippen molar-refractivity contribution in [3.05, 3.63) is 0 Å². The van der Waals surface area contributed by atoms with Crippen molar-refractivity contribution < 1.29 is 56.9 Å². The van der Waals surface area contributed by atoms with Gasteiger partial charge in [-0.05, 0) is 5.92 Å². The Balaban J connectivity index is 3.32. The summed E-state index contributed by atoms with van der Waals surface area (Å²) in [6.45, 7) is 4.08. The number of carbonyl (C=O) groups excluding carboxylic acids is 5. The largest absolute Gasteiger partial charge is 0.463 e. The van der Waals surface area contributed by atoms with Crippen LogP contribution in [-0.2, 0) is 52.4 Å². The van der Waals surface area contributed by atoms with Gasteiger partial charge in [0.05, 0.1) is 14.1 Å². The zero-order chi connectivity index (χ0) is 25.3. The minimum atomic E-state index is -1.57. The predicted molar refractivity (Wildman–Crippen MR) is 109 cm³/mol. The number of esters is 5. The number of hydrogen-bond acceptors (Lipinski definition) is 11. The summed E-state index contributed by atoms with van der Waals surface area (Å²) in [5.41, 5.74) is 0. The first-order chi connectivity index (χ1) is 15.3. The molecule has 0 spiro atoms. The average molecular weight is 472 g/mol. The highest BCUT2D eigenvalue weighted by molar-refractivity contribution is 5.71. The van der Waals surface area contributed by atoms with Crippen molar-refractivity contribution in [1.29, 1.82) is 0 Å². The molecule has 0 aliphatic carbocycles. The maximum absolute atomic E-state index is 12.6. The Labute approximate surface area is 191 Å². The van der Waals surface area contributed by atoms with E-state index in [1.807, 2.05) is 0 Å².